The molecule has 5 nitrogen and oxygen atoms in total. The standard InChI is InChI=1S/C14H31N3O2S/c1-6-7-15-13(2)14(3,4)12-16-8-10-17(11-9-16)20(5,18)19/h13,15H,6-12H2,1-5H3. The number of nitrogens with zero attached hydrogens (tertiary/aromatic N) is 2. The first-order valence-corrected chi connectivity index (χ1v) is 9.42. The topological polar surface area (TPSA) is 52.6 Å². The quantitative estimate of drug-likeness (QED) is 0.762. The molecule has 1 unspecified atom stereocenters. The van der Waals surface area contributed by atoms with E-state index < -0.39 is 10.0 Å². The Hall–Kier alpha value is -0.170. The average molecular weight is 305 g/mol. The van der Waals surface area contributed by atoms with Crippen LogP contribution in [0.1, 0.15) is 34.1 Å². The van der Waals surface area contributed by atoms with E-state index in [-0.39, 0.29) is 5.41 Å². The van der Waals surface area contributed by atoms with Crippen molar-refractivity contribution >= 4 is 10.0 Å². The summed E-state index contributed by atoms with van der Waals surface area (Å²) in [4.78, 5) is 2.38. The molecule has 0 amide bonds. The Morgan fingerprint density at radius 3 is 2.20 bits per heavy atom. The fraction of sp³-hybridized carbons (Fsp3) is 1.00. The zero-order chi connectivity index (χ0) is 15.4. The van der Waals surface area contributed by atoms with Gasteiger partial charge < -0.3 is 10.2 Å². The molecule has 0 saturated carbocycles. The third kappa shape index (κ3) is 5.31. The van der Waals surface area contributed by atoms with Crippen LogP contribution in [0.15, 0.2) is 0 Å². The first-order chi connectivity index (χ1) is 9.16. The highest BCUT2D eigenvalue weighted by Gasteiger charge is 2.30. The molecule has 1 saturated heterocycles. The lowest BCUT2D eigenvalue weighted by Gasteiger charge is -2.41. The molecule has 0 radical (unpaired) electrons. The van der Waals surface area contributed by atoms with E-state index in [2.05, 4.69) is 37.9 Å². The van der Waals surface area contributed by atoms with Gasteiger partial charge in [-0.25, -0.2) is 8.42 Å². The SMILES string of the molecule is CCCNC(C)C(C)(C)CN1CCN(S(C)(=O)=O)CC1. The fourth-order valence-electron chi connectivity index (χ4n) is 2.57. The van der Waals surface area contributed by atoms with E-state index in [1.807, 2.05) is 0 Å². The van der Waals surface area contributed by atoms with Gasteiger partial charge in [-0.1, -0.05) is 20.8 Å². The number of rotatable bonds is 7. The first kappa shape index (κ1) is 17.9. The van der Waals surface area contributed by atoms with Crippen LogP contribution in [-0.2, 0) is 10.0 Å². The van der Waals surface area contributed by atoms with Crippen molar-refractivity contribution in [1.29, 1.82) is 0 Å². The lowest BCUT2D eigenvalue weighted by Crippen LogP contribution is -2.53. The van der Waals surface area contributed by atoms with Gasteiger partial charge in [0.15, 0.2) is 0 Å². The Morgan fingerprint density at radius 1 is 1.20 bits per heavy atom. The highest BCUT2D eigenvalue weighted by Crippen LogP contribution is 2.23. The van der Waals surface area contributed by atoms with Gasteiger partial charge >= 0.3 is 0 Å². The van der Waals surface area contributed by atoms with Crippen LogP contribution in [0.4, 0.5) is 0 Å². The van der Waals surface area contributed by atoms with Gasteiger partial charge in [0.25, 0.3) is 0 Å². The summed E-state index contributed by atoms with van der Waals surface area (Å²) in [6.45, 7) is 13.9. The molecule has 1 atom stereocenters. The molecule has 6 heteroatoms. The molecule has 0 spiro atoms. The molecule has 0 aromatic heterocycles. The van der Waals surface area contributed by atoms with E-state index >= 15 is 0 Å². The number of sulfonamides is 1. The molecule has 120 valence electrons. The molecule has 1 aliphatic rings. The van der Waals surface area contributed by atoms with Crippen molar-refractivity contribution in [3.05, 3.63) is 0 Å². The number of hydrogen-bond donors (Lipinski definition) is 1. The summed E-state index contributed by atoms with van der Waals surface area (Å²) in [6.07, 6.45) is 2.44. The first-order valence-electron chi connectivity index (χ1n) is 7.57. The zero-order valence-electron chi connectivity index (χ0n) is 13.6. The van der Waals surface area contributed by atoms with E-state index in [0.29, 0.717) is 19.1 Å². The number of piperazine rings is 1. The van der Waals surface area contributed by atoms with Gasteiger partial charge in [0.1, 0.15) is 0 Å². The Labute approximate surface area is 124 Å². The molecule has 1 N–H and O–H groups in total. The molecule has 0 aliphatic carbocycles. The lowest BCUT2D eigenvalue weighted by molar-refractivity contribution is 0.110. The van der Waals surface area contributed by atoms with E-state index in [1.165, 1.54) is 6.26 Å². The second-order valence-electron chi connectivity index (χ2n) is 6.60. The van der Waals surface area contributed by atoms with E-state index in [4.69, 9.17) is 0 Å². The summed E-state index contributed by atoms with van der Waals surface area (Å²) in [5.74, 6) is 0. The Balaban J connectivity index is 2.46. The van der Waals surface area contributed by atoms with Gasteiger partial charge in [-0.3, -0.25) is 0 Å². The molecule has 1 aliphatic heterocycles. The smallest absolute Gasteiger partial charge is 0.211 e. The van der Waals surface area contributed by atoms with Gasteiger partial charge in [-0.2, -0.15) is 4.31 Å². The summed E-state index contributed by atoms with van der Waals surface area (Å²) in [7, 11) is -3.03. The summed E-state index contributed by atoms with van der Waals surface area (Å²) < 4.78 is 24.6. The maximum Gasteiger partial charge on any atom is 0.211 e. The molecular weight excluding hydrogens is 274 g/mol. The largest absolute Gasteiger partial charge is 0.314 e. The lowest BCUT2D eigenvalue weighted by atomic mass is 9.84. The fourth-order valence-corrected chi connectivity index (χ4v) is 3.40. The molecule has 1 rings (SSSR count). The third-order valence-corrected chi connectivity index (χ3v) is 5.61. The van der Waals surface area contributed by atoms with Crippen LogP contribution in [0.3, 0.4) is 0 Å². The minimum absolute atomic E-state index is 0.183. The summed E-state index contributed by atoms with van der Waals surface area (Å²) >= 11 is 0. The number of hydrogen-bond acceptors (Lipinski definition) is 4. The van der Waals surface area contributed by atoms with Crippen LogP contribution in [0.2, 0.25) is 0 Å². The van der Waals surface area contributed by atoms with Gasteiger partial charge in [0.05, 0.1) is 6.26 Å². The van der Waals surface area contributed by atoms with Gasteiger partial charge in [0.2, 0.25) is 10.0 Å². The third-order valence-electron chi connectivity index (χ3n) is 4.30. The highest BCUT2D eigenvalue weighted by molar-refractivity contribution is 7.88. The Bertz CT molecular complexity index is 387. The Morgan fingerprint density at radius 2 is 1.75 bits per heavy atom. The van der Waals surface area contributed by atoms with Crippen LogP contribution in [0.5, 0.6) is 0 Å². The second kappa shape index (κ2) is 7.20. The highest BCUT2D eigenvalue weighted by atomic mass is 32.2. The van der Waals surface area contributed by atoms with Gasteiger partial charge in [-0.05, 0) is 25.3 Å². The molecule has 1 fully saturated rings. The van der Waals surface area contributed by atoms with E-state index in [9.17, 15) is 8.42 Å². The van der Waals surface area contributed by atoms with Crippen LogP contribution in [0.25, 0.3) is 0 Å². The van der Waals surface area contributed by atoms with Crippen molar-refractivity contribution in [2.75, 3.05) is 45.5 Å². The summed E-state index contributed by atoms with van der Waals surface area (Å²) in [6, 6.07) is 0.454. The van der Waals surface area contributed by atoms with Crippen molar-refractivity contribution in [2.24, 2.45) is 5.41 Å². The predicted octanol–water partition coefficient (Wildman–Crippen LogP) is 0.978. The van der Waals surface area contributed by atoms with Crippen LogP contribution < -0.4 is 5.32 Å². The van der Waals surface area contributed by atoms with Crippen LogP contribution in [0, 0.1) is 5.41 Å². The molecule has 1 heterocycles. The van der Waals surface area contributed by atoms with Crippen molar-refractivity contribution in [1.82, 2.24) is 14.5 Å². The molecule has 20 heavy (non-hydrogen) atoms. The zero-order valence-corrected chi connectivity index (χ0v) is 14.5. The van der Waals surface area contributed by atoms with Gasteiger partial charge in [-0.15, -0.1) is 0 Å². The van der Waals surface area contributed by atoms with Crippen LogP contribution in [-0.4, -0.2) is 69.2 Å². The minimum Gasteiger partial charge on any atom is -0.314 e. The second-order valence-corrected chi connectivity index (χ2v) is 8.59. The van der Waals surface area contributed by atoms with Crippen molar-refractivity contribution < 1.29 is 8.42 Å². The summed E-state index contributed by atoms with van der Waals surface area (Å²) in [5.41, 5.74) is 0.183. The minimum atomic E-state index is -3.03. The average Bonchev–Trinajstić information content (AvgIpc) is 2.34. The predicted molar refractivity (Wildman–Crippen MR) is 84.4 cm³/mol. The molecule has 0 aromatic carbocycles. The molecule has 0 bridgehead atoms. The van der Waals surface area contributed by atoms with E-state index in [1.54, 1.807) is 4.31 Å². The van der Waals surface area contributed by atoms with Crippen molar-refractivity contribution in [2.45, 2.75) is 40.2 Å². The van der Waals surface area contributed by atoms with Crippen molar-refractivity contribution in [3.8, 4) is 0 Å². The maximum absolute atomic E-state index is 11.5. The van der Waals surface area contributed by atoms with Crippen molar-refractivity contribution in [3.63, 3.8) is 0 Å². The van der Waals surface area contributed by atoms with E-state index in [0.717, 1.165) is 32.6 Å². The molecular formula is C14H31N3O2S. The normalized spacial score (nSPS) is 21.1. The van der Waals surface area contributed by atoms with Crippen LogP contribution >= 0.6 is 0 Å². The van der Waals surface area contributed by atoms with Gasteiger partial charge in [0, 0.05) is 38.8 Å². The monoisotopic (exact) mass is 305 g/mol. The summed E-state index contributed by atoms with van der Waals surface area (Å²) in [5, 5.41) is 3.56. The molecule has 0 aromatic rings. The Kier molecular flexibility index (Phi) is 6.44. The number of nitrogens with one attached hydrogen (secondary N) is 1. The maximum atomic E-state index is 11.5.